The number of rotatable bonds is 4. The molecule has 0 fully saturated rings. The lowest BCUT2D eigenvalue weighted by molar-refractivity contribution is -0.143. The van der Waals surface area contributed by atoms with Gasteiger partial charge in [-0.15, -0.1) is 0 Å². The van der Waals surface area contributed by atoms with Crippen LogP contribution in [0.4, 0.5) is 0 Å². The Kier molecular flexibility index (Phi) is 5.19. The number of nitrogens with zero attached hydrogens (tertiary/aromatic N) is 2. The Balaban J connectivity index is 1.85. The van der Waals surface area contributed by atoms with Gasteiger partial charge in [0.25, 0.3) is 5.91 Å². The fourth-order valence-electron chi connectivity index (χ4n) is 2.82. The number of carbonyl (C=O) groups is 2. The minimum absolute atomic E-state index is 0.0600. The predicted molar refractivity (Wildman–Crippen MR) is 107 cm³/mol. The minimum atomic E-state index is -0.408. The number of fused-ring (bicyclic) bond motifs is 2. The van der Waals surface area contributed by atoms with Gasteiger partial charge in [0.05, 0.1) is 22.4 Å². The molecule has 1 aliphatic rings. The molecule has 0 bridgehead atoms. The quantitative estimate of drug-likeness (QED) is 0.554. The van der Waals surface area contributed by atoms with Crippen LogP contribution in [0.15, 0.2) is 45.9 Å². The topological polar surface area (TPSA) is 79.1 Å². The van der Waals surface area contributed by atoms with Crippen LogP contribution in [0.1, 0.15) is 17.3 Å². The number of amides is 1. The number of hydrogen-bond donors (Lipinski definition) is 0. The molecule has 7 nitrogen and oxygen atoms in total. The van der Waals surface area contributed by atoms with E-state index < -0.39 is 11.9 Å². The molecule has 0 saturated carbocycles. The van der Waals surface area contributed by atoms with Crippen molar-refractivity contribution < 1.29 is 23.8 Å². The average Bonchev–Trinajstić information content (AvgIpc) is 3.25. The van der Waals surface area contributed by atoms with Crippen molar-refractivity contribution in [3.63, 3.8) is 0 Å². The van der Waals surface area contributed by atoms with Crippen molar-refractivity contribution in [1.82, 2.24) is 4.57 Å². The fourth-order valence-corrected chi connectivity index (χ4v) is 4.31. The zero-order valence-corrected chi connectivity index (χ0v) is 17.2. The Morgan fingerprint density at radius 3 is 2.75 bits per heavy atom. The lowest BCUT2D eigenvalue weighted by Gasteiger charge is -2.06. The standard InChI is InChI=1S/C19H15BrN2O5S/c1-2-25-17(23)9-22-13-7-14-15(27-10-26-14)8-16(13)28-19(22)21-18(24)11-5-3-4-6-12(11)20/h3-8H,2,9-10H2,1H3. The lowest BCUT2D eigenvalue weighted by atomic mass is 10.2. The molecule has 2 heterocycles. The summed E-state index contributed by atoms with van der Waals surface area (Å²) in [4.78, 5) is 29.5. The summed E-state index contributed by atoms with van der Waals surface area (Å²) in [5.41, 5.74) is 1.16. The molecule has 9 heteroatoms. The van der Waals surface area contributed by atoms with Crippen LogP contribution in [-0.4, -0.2) is 29.8 Å². The molecular weight excluding hydrogens is 448 g/mol. The summed E-state index contributed by atoms with van der Waals surface area (Å²) in [6, 6.07) is 10.7. The van der Waals surface area contributed by atoms with Gasteiger partial charge >= 0.3 is 5.97 Å². The van der Waals surface area contributed by atoms with E-state index in [1.807, 2.05) is 12.1 Å². The summed E-state index contributed by atoms with van der Waals surface area (Å²) in [5, 5.41) is 0. The van der Waals surface area contributed by atoms with E-state index in [0.29, 0.717) is 26.3 Å². The first kappa shape index (κ1) is 18.7. The predicted octanol–water partition coefficient (Wildman–Crippen LogP) is 3.50. The molecule has 1 amide bonds. The highest BCUT2D eigenvalue weighted by Gasteiger charge is 2.19. The van der Waals surface area contributed by atoms with Gasteiger partial charge in [0.15, 0.2) is 16.3 Å². The van der Waals surface area contributed by atoms with Crippen molar-refractivity contribution in [2.75, 3.05) is 13.4 Å². The number of thiazole rings is 1. The largest absolute Gasteiger partial charge is 0.465 e. The second-order valence-electron chi connectivity index (χ2n) is 5.85. The van der Waals surface area contributed by atoms with Gasteiger partial charge < -0.3 is 18.8 Å². The third-order valence-corrected chi connectivity index (χ3v) is 5.80. The Morgan fingerprint density at radius 1 is 1.25 bits per heavy atom. The molecular formula is C19H15BrN2O5S. The number of halogens is 1. The second-order valence-corrected chi connectivity index (χ2v) is 7.71. The zero-order chi connectivity index (χ0) is 19.7. The molecule has 4 rings (SSSR count). The molecule has 1 aromatic heterocycles. The second kappa shape index (κ2) is 7.76. The third kappa shape index (κ3) is 3.55. The van der Waals surface area contributed by atoms with Crippen molar-refractivity contribution in [2.24, 2.45) is 4.99 Å². The maximum Gasteiger partial charge on any atom is 0.326 e. The van der Waals surface area contributed by atoms with Crippen LogP contribution >= 0.6 is 27.3 Å². The normalized spacial score (nSPS) is 13.1. The van der Waals surface area contributed by atoms with Crippen molar-refractivity contribution >= 4 is 49.4 Å². The van der Waals surface area contributed by atoms with Gasteiger partial charge in [-0.05, 0) is 35.0 Å². The number of aromatic nitrogens is 1. The summed E-state index contributed by atoms with van der Waals surface area (Å²) in [6.45, 7) is 2.11. The molecule has 0 unspecified atom stereocenters. The molecule has 0 N–H and O–H groups in total. The smallest absolute Gasteiger partial charge is 0.326 e. The molecule has 0 radical (unpaired) electrons. The molecule has 1 aliphatic heterocycles. The SMILES string of the molecule is CCOC(=O)Cn1c(=NC(=O)c2ccccc2Br)sc2cc3c(cc21)OCO3. The summed E-state index contributed by atoms with van der Waals surface area (Å²) < 4.78 is 19.1. The lowest BCUT2D eigenvalue weighted by Crippen LogP contribution is -2.23. The highest BCUT2D eigenvalue weighted by Crippen LogP contribution is 2.37. The fraction of sp³-hybridized carbons (Fsp3) is 0.211. The molecule has 144 valence electrons. The third-order valence-electron chi connectivity index (χ3n) is 4.07. The van der Waals surface area contributed by atoms with Crippen LogP contribution in [0.25, 0.3) is 10.2 Å². The van der Waals surface area contributed by atoms with Gasteiger partial charge in [-0.25, -0.2) is 0 Å². The van der Waals surface area contributed by atoms with Crippen LogP contribution < -0.4 is 14.3 Å². The molecule has 28 heavy (non-hydrogen) atoms. The number of hydrogen-bond acceptors (Lipinski definition) is 6. The summed E-state index contributed by atoms with van der Waals surface area (Å²) in [5.74, 6) is 0.402. The molecule has 0 atom stereocenters. The molecule has 0 spiro atoms. The number of ether oxygens (including phenoxy) is 3. The van der Waals surface area contributed by atoms with Gasteiger partial charge in [-0.3, -0.25) is 9.59 Å². The molecule has 2 aromatic carbocycles. The van der Waals surface area contributed by atoms with Gasteiger partial charge in [0.2, 0.25) is 6.79 Å². The van der Waals surface area contributed by atoms with Crippen LogP contribution in [0, 0.1) is 0 Å². The van der Waals surface area contributed by atoms with E-state index in [1.54, 1.807) is 35.8 Å². The van der Waals surface area contributed by atoms with E-state index in [9.17, 15) is 9.59 Å². The Labute approximate surface area is 172 Å². The Morgan fingerprint density at radius 2 is 2.00 bits per heavy atom. The summed E-state index contributed by atoms with van der Waals surface area (Å²) in [6.07, 6.45) is 0. The maximum atomic E-state index is 12.7. The van der Waals surface area contributed by atoms with Crippen LogP contribution in [0.3, 0.4) is 0 Å². The highest BCUT2D eigenvalue weighted by molar-refractivity contribution is 9.10. The van der Waals surface area contributed by atoms with E-state index in [-0.39, 0.29) is 19.9 Å². The van der Waals surface area contributed by atoms with E-state index in [1.165, 1.54) is 11.3 Å². The molecule has 3 aromatic rings. The van der Waals surface area contributed by atoms with Gasteiger partial charge in [0, 0.05) is 16.6 Å². The Bertz CT molecular complexity index is 1150. The monoisotopic (exact) mass is 462 g/mol. The number of esters is 1. The van der Waals surface area contributed by atoms with Crippen LogP contribution in [0.5, 0.6) is 11.5 Å². The highest BCUT2D eigenvalue weighted by atomic mass is 79.9. The van der Waals surface area contributed by atoms with E-state index in [4.69, 9.17) is 14.2 Å². The van der Waals surface area contributed by atoms with Crippen molar-refractivity contribution in [3.8, 4) is 11.5 Å². The van der Waals surface area contributed by atoms with Gasteiger partial charge in [-0.2, -0.15) is 4.99 Å². The average molecular weight is 463 g/mol. The molecule has 0 aliphatic carbocycles. The number of benzene rings is 2. The summed E-state index contributed by atoms with van der Waals surface area (Å²) in [7, 11) is 0. The van der Waals surface area contributed by atoms with Crippen LogP contribution in [0.2, 0.25) is 0 Å². The van der Waals surface area contributed by atoms with E-state index in [0.717, 1.165) is 10.2 Å². The van der Waals surface area contributed by atoms with E-state index >= 15 is 0 Å². The van der Waals surface area contributed by atoms with Crippen molar-refractivity contribution in [1.29, 1.82) is 0 Å². The minimum Gasteiger partial charge on any atom is -0.465 e. The first-order valence-corrected chi connectivity index (χ1v) is 10.1. The van der Waals surface area contributed by atoms with Crippen molar-refractivity contribution in [2.45, 2.75) is 13.5 Å². The van der Waals surface area contributed by atoms with Gasteiger partial charge in [-0.1, -0.05) is 23.5 Å². The summed E-state index contributed by atoms with van der Waals surface area (Å²) >= 11 is 4.66. The maximum absolute atomic E-state index is 12.7. The van der Waals surface area contributed by atoms with Crippen LogP contribution in [-0.2, 0) is 16.1 Å². The first-order chi connectivity index (χ1) is 13.6. The van der Waals surface area contributed by atoms with Gasteiger partial charge in [0.1, 0.15) is 6.54 Å². The first-order valence-electron chi connectivity index (χ1n) is 8.49. The van der Waals surface area contributed by atoms with Crippen molar-refractivity contribution in [3.05, 3.63) is 51.2 Å². The Hall–Kier alpha value is -2.65. The van der Waals surface area contributed by atoms with E-state index in [2.05, 4.69) is 20.9 Å². The molecule has 0 saturated heterocycles. The number of carbonyl (C=O) groups excluding carboxylic acids is 2. The zero-order valence-electron chi connectivity index (χ0n) is 14.8.